The summed E-state index contributed by atoms with van der Waals surface area (Å²) in [4.78, 5) is 10.0. The van der Waals surface area contributed by atoms with Gasteiger partial charge in [0.15, 0.2) is 0 Å². The fourth-order valence-electron chi connectivity index (χ4n) is 7.41. The van der Waals surface area contributed by atoms with Gasteiger partial charge in [0.1, 0.15) is 0 Å². The molecule has 0 fully saturated rings. The van der Waals surface area contributed by atoms with E-state index in [4.69, 9.17) is 0 Å². The van der Waals surface area contributed by atoms with Crippen LogP contribution in [0.3, 0.4) is 0 Å². The van der Waals surface area contributed by atoms with Gasteiger partial charge in [0.05, 0.1) is 22.7 Å². The summed E-state index contributed by atoms with van der Waals surface area (Å²) in [5.74, 6) is 0. The third-order valence-corrected chi connectivity index (χ3v) is 9.42. The lowest BCUT2D eigenvalue weighted by molar-refractivity contribution is 1.38. The Balaban J connectivity index is 1.35. The van der Waals surface area contributed by atoms with Crippen LogP contribution in [0.1, 0.15) is 0 Å². The second-order valence-corrected chi connectivity index (χ2v) is 12.2. The van der Waals surface area contributed by atoms with Gasteiger partial charge in [-0.2, -0.15) is 0 Å². The number of fused-ring (bicyclic) bond motifs is 2. The van der Waals surface area contributed by atoms with Crippen molar-refractivity contribution in [1.29, 1.82) is 0 Å². The van der Waals surface area contributed by atoms with Gasteiger partial charge in [-0.05, 0) is 71.6 Å². The SMILES string of the molecule is c1ccc(B2N(c3ccccc3)c3cc4c(cc3N2c2ccccc2)N(c2ccccc2)B(c2ccccc2)N4c2ccccc2)cc1. The monoisotopic (exact) mass is 614 g/mol. The molecule has 0 aliphatic carbocycles. The fraction of sp³-hybridized carbons (Fsp3) is 0. The maximum absolute atomic E-state index is 2.50. The van der Waals surface area contributed by atoms with E-state index in [0.29, 0.717) is 0 Å². The van der Waals surface area contributed by atoms with Crippen LogP contribution >= 0.6 is 0 Å². The average molecular weight is 614 g/mol. The fourth-order valence-corrected chi connectivity index (χ4v) is 7.41. The topological polar surface area (TPSA) is 13.0 Å². The van der Waals surface area contributed by atoms with Crippen molar-refractivity contribution in [3.63, 3.8) is 0 Å². The van der Waals surface area contributed by atoms with Crippen LogP contribution in [0.5, 0.6) is 0 Å². The van der Waals surface area contributed by atoms with Gasteiger partial charge in [0.2, 0.25) is 0 Å². The lowest BCUT2D eigenvalue weighted by Gasteiger charge is -2.31. The van der Waals surface area contributed by atoms with Crippen molar-refractivity contribution in [1.82, 2.24) is 0 Å². The maximum atomic E-state index is 2.50. The molecular weight excluding hydrogens is 582 g/mol. The summed E-state index contributed by atoms with van der Waals surface area (Å²) < 4.78 is 0. The van der Waals surface area contributed by atoms with Gasteiger partial charge < -0.3 is 19.2 Å². The van der Waals surface area contributed by atoms with E-state index in [-0.39, 0.29) is 14.0 Å². The molecular formula is C42H32B2N4. The highest BCUT2D eigenvalue weighted by molar-refractivity contribution is 6.86. The van der Waals surface area contributed by atoms with Crippen LogP contribution in [0.4, 0.5) is 45.5 Å². The molecule has 7 aromatic carbocycles. The third kappa shape index (κ3) is 4.65. The molecule has 0 bridgehead atoms. The highest BCUT2D eigenvalue weighted by Gasteiger charge is 2.49. The predicted molar refractivity (Wildman–Crippen MR) is 204 cm³/mol. The molecule has 4 nitrogen and oxygen atoms in total. The van der Waals surface area contributed by atoms with Gasteiger partial charge in [-0.1, -0.05) is 133 Å². The summed E-state index contributed by atoms with van der Waals surface area (Å²) in [5, 5.41) is 0. The first-order valence-corrected chi connectivity index (χ1v) is 16.5. The van der Waals surface area contributed by atoms with Crippen molar-refractivity contribution < 1.29 is 0 Å². The Hall–Kier alpha value is -6.13. The van der Waals surface area contributed by atoms with Crippen LogP contribution in [0, 0.1) is 0 Å². The van der Waals surface area contributed by atoms with Crippen molar-refractivity contribution >= 4 is 70.4 Å². The van der Waals surface area contributed by atoms with E-state index >= 15 is 0 Å². The molecule has 0 N–H and O–H groups in total. The van der Waals surface area contributed by atoms with Crippen molar-refractivity contribution in [3.8, 4) is 0 Å². The largest absolute Gasteiger partial charge is 0.420 e. The Morgan fingerprint density at radius 1 is 0.250 bits per heavy atom. The molecule has 0 spiro atoms. The van der Waals surface area contributed by atoms with Gasteiger partial charge >= 0.3 is 14.0 Å². The molecule has 0 atom stereocenters. The number of nitrogens with zero attached hydrogens (tertiary/aromatic N) is 4. The second kappa shape index (κ2) is 11.9. The van der Waals surface area contributed by atoms with Crippen molar-refractivity contribution in [3.05, 3.63) is 194 Å². The number of anilines is 8. The highest BCUT2D eigenvalue weighted by atomic mass is 15.3. The zero-order valence-corrected chi connectivity index (χ0v) is 26.4. The summed E-state index contributed by atoms with van der Waals surface area (Å²) in [7, 11) is 0. The molecule has 0 amide bonds. The van der Waals surface area contributed by atoms with E-state index in [2.05, 4.69) is 213 Å². The molecule has 2 heterocycles. The quantitative estimate of drug-likeness (QED) is 0.173. The molecule has 2 aliphatic heterocycles. The summed E-state index contributed by atoms with van der Waals surface area (Å²) >= 11 is 0. The first-order chi connectivity index (χ1) is 23.9. The van der Waals surface area contributed by atoms with Gasteiger partial charge in [0.25, 0.3) is 0 Å². The predicted octanol–water partition coefficient (Wildman–Crippen LogP) is 9.06. The Labute approximate surface area is 283 Å². The summed E-state index contributed by atoms with van der Waals surface area (Å²) in [6.45, 7) is -0.178. The minimum atomic E-state index is -0.0891. The zero-order chi connectivity index (χ0) is 31.9. The Bertz CT molecular complexity index is 1880. The number of para-hydroxylation sites is 4. The summed E-state index contributed by atoms with van der Waals surface area (Å²) in [6.07, 6.45) is 0. The molecule has 7 aromatic rings. The number of rotatable bonds is 6. The maximum Gasteiger partial charge on any atom is 0.420 e. The molecule has 48 heavy (non-hydrogen) atoms. The van der Waals surface area contributed by atoms with Crippen LogP contribution in [0.25, 0.3) is 0 Å². The lowest BCUT2D eigenvalue weighted by Crippen LogP contribution is -2.53. The van der Waals surface area contributed by atoms with Crippen LogP contribution in [-0.2, 0) is 0 Å². The molecule has 0 aromatic heterocycles. The van der Waals surface area contributed by atoms with Crippen LogP contribution < -0.4 is 30.2 Å². The van der Waals surface area contributed by atoms with Crippen LogP contribution in [0.2, 0.25) is 0 Å². The van der Waals surface area contributed by atoms with E-state index in [1.54, 1.807) is 0 Å². The minimum Gasteiger partial charge on any atom is -0.360 e. The minimum absolute atomic E-state index is 0.0891. The molecule has 0 unspecified atom stereocenters. The molecule has 0 saturated heterocycles. The van der Waals surface area contributed by atoms with Crippen LogP contribution in [-0.4, -0.2) is 14.0 Å². The Kier molecular flexibility index (Phi) is 6.98. The van der Waals surface area contributed by atoms with Crippen LogP contribution in [0.15, 0.2) is 194 Å². The molecule has 9 rings (SSSR count). The Morgan fingerprint density at radius 3 is 0.688 bits per heavy atom. The van der Waals surface area contributed by atoms with Gasteiger partial charge in [-0.3, -0.25) is 0 Å². The van der Waals surface area contributed by atoms with E-state index in [1.165, 1.54) is 33.7 Å². The van der Waals surface area contributed by atoms with Gasteiger partial charge in [-0.25, -0.2) is 0 Å². The van der Waals surface area contributed by atoms with Crippen molar-refractivity contribution in [2.75, 3.05) is 19.2 Å². The molecule has 0 radical (unpaired) electrons. The smallest absolute Gasteiger partial charge is 0.360 e. The van der Waals surface area contributed by atoms with E-state index in [1.807, 2.05) is 0 Å². The number of hydrogen-bond acceptors (Lipinski definition) is 4. The van der Waals surface area contributed by atoms with E-state index in [0.717, 1.165) is 22.7 Å². The van der Waals surface area contributed by atoms with E-state index in [9.17, 15) is 0 Å². The normalized spacial score (nSPS) is 13.6. The number of benzene rings is 7. The third-order valence-electron chi connectivity index (χ3n) is 9.42. The van der Waals surface area contributed by atoms with Crippen molar-refractivity contribution in [2.24, 2.45) is 0 Å². The highest BCUT2D eigenvalue weighted by Crippen LogP contribution is 2.55. The summed E-state index contributed by atoms with van der Waals surface area (Å²) in [5.41, 5.74) is 11.7. The number of hydrogen-bond donors (Lipinski definition) is 0. The second-order valence-electron chi connectivity index (χ2n) is 12.2. The molecule has 2 aliphatic rings. The zero-order valence-electron chi connectivity index (χ0n) is 26.4. The van der Waals surface area contributed by atoms with Gasteiger partial charge in [0, 0.05) is 22.7 Å². The standard InChI is InChI=1S/C42H32B2N4/c1-7-19-33(20-8-1)43-45(35-23-11-3-12-24-35)39-31-41-42(32-40(39)46(43)36-25-13-4-14-26-36)48(38-29-17-6-18-30-38)44(34-21-9-2-10-22-34)47(41)37-27-15-5-16-28-37/h1-32H. The lowest BCUT2D eigenvalue weighted by atomic mass is 9.64. The van der Waals surface area contributed by atoms with Gasteiger partial charge in [-0.15, -0.1) is 0 Å². The molecule has 6 heteroatoms. The molecule has 0 saturated carbocycles. The average Bonchev–Trinajstić information content (AvgIpc) is 3.69. The summed E-state index contributed by atoms with van der Waals surface area (Å²) in [6, 6.07) is 69.8. The van der Waals surface area contributed by atoms with E-state index < -0.39 is 0 Å². The first-order valence-electron chi connectivity index (χ1n) is 16.5. The Morgan fingerprint density at radius 2 is 0.458 bits per heavy atom. The van der Waals surface area contributed by atoms with Crippen molar-refractivity contribution in [2.45, 2.75) is 0 Å². The molecule has 226 valence electrons. The first kappa shape index (κ1) is 28.1.